The van der Waals surface area contributed by atoms with Gasteiger partial charge in [-0.15, -0.1) is 0 Å². The fourth-order valence-corrected chi connectivity index (χ4v) is 2.34. The Morgan fingerprint density at radius 3 is 2.67 bits per heavy atom. The second-order valence-electron chi connectivity index (χ2n) is 5.14. The molecule has 1 fully saturated rings. The number of benzene rings is 1. The summed E-state index contributed by atoms with van der Waals surface area (Å²) in [7, 11) is 1.63. The van der Waals surface area contributed by atoms with Crippen molar-refractivity contribution in [1.29, 1.82) is 0 Å². The van der Waals surface area contributed by atoms with Crippen molar-refractivity contribution in [2.24, 2.45) is 0 Å². The maximum absolute atomic E-state index is 13.8. The molecular formula is C14H18FN3O3. The fourth-order valence-electron chi connectivity index (χ4n) is 2.34. The molecule has 21 heavy (non-hydrogen) atoms. The Morgan fingerprint density at radius 1 is 1.52 bits per heavy atom. The zero-order valence-corrected chi connectivity index (χ0v) is 12.1. The first-order chi connectivity index (χ1) is 9.95. The minimum absolute atomic E-state index is 0.0771. The van der Waals surface area contributed by atoms with E-state index in [0.29, 0.717) is 6.54 Å². The molecule has 2 rings (SSSR count). The SMILES string of the molecule is CCNc1cc(C(=O)N(C)C2CCC2)c([N+](=O)[O-])cc1F. The largest absolute Gasteiger partial charge is 0.383 e. The van der Waals surface area contributed by atoms with Crippen LogP contribution in [0.2, 0.25) is 0 Å². The first kappa shape index (κ1) is 15.2. The Balaban J connectivity index is 2.40. The first-order valence-electron chi connectivity index (χ1n) is 6.94. The van der Waals surface area contributed by atoms with Crippen molar-refractivity contribution in [2.45, 2.75) is 32.2 Å². The minimum Gasteiger partial charge on any atom is -0.383 e. The zero-order chi connectivity index (χ0) is 15.6. The van der Waals surface area contributed by atoms with Gasteiger partial charge in [0, 0.05) is 19.6 Å². The fraction of sp³-hybridized carbons (Fsp3) is 0.500. The Morgan fingerprint density at radius 2 is 2.19 bits per heavy atom. The highest BCUT2D eigenvalue weighted by Crippen LogP contribution is 2.30. The van der Waals surface area contributed by atoms with Crippen molar-refractivity contribution in [1.82, 2.24) is 4.90 Å². The summed E-state index contributed by atoms with van der Waals surface area (Å²) in [6.45, 7) is 2.24. The number of halogens is 1. The van der Waals surface area contributed by atoms with Gasteiger partial charge >= 0.3 is 0 Å². The molecule has 1 aliphatic rings. The van der Waals surface area contributed by atoms with Crippen LogP contribution < -0.4 is 5.32 Å². The standard InChI is InChI=1S/C14H18FN3O3/c1-3-16-12-7-10(13(18(20)21)8-11(12)15)14(19)17(2)9-5-4-6-9/h7-9,16H,3-6H2,1-2H3. The smallest absolute Gasteiger partial charge is 0.285 e. The number of anilines is 1. The maximum Gasteiger partial charge on any atom is 0.285 e. The van der Waals surface area contributed by atoms with Crippen molar-refractivity contribution in [3.8, 4) is 0 Å². The van der Waals surface area contributed by atoms with E-state index < -0.39 is 22.3 Å². The van der Waals surface area contributed by atoms with Gasteiger partial charge in [0.1, 0.15) is 5.56 Å². The number of nitrogens with zero attached hydrogens (tertiary/aromatic N) is 2. The van der Waals surface area contributed by atoms with Crippen LogP contribution in [0.15, 0.2) is 12.1 Å². The van der Waals surface area contributed by atoms with E-state index in [9.17, 15) is 19.3 Å². The van der Waals surface area contributed by atoms with Crippen LogP contribution in [-0.2, 0) is 0 Å². The highest BCUT2D eigenvalue weighted by atomic mass is 19.1. The zero-order valence-electron chi connectivity index (χ0n) is 12.1. The lowest BCUT2D eigenvalue weighted by molar-refractivity contribution is -0.385. The Bertz CT molecular complexity index is 573. The normalized spacial score (nSPS) is 14.4. The van der Waals surface area contributed by atoms with Crippen molar-refractivity contribution >= 4 is 17.3 Å². The second kappa shape index (κ2) is 6.07. The van der Waals surface area contributed by atoms with Gasteiger partial charge in [-0.1, -0.05) is 0 Å². The molecule has 1 amide bonds. The van der Waals surface area contributed by atoms with Crippen molar-refractivity contribution in [3.05, 3.63) is 33.6 Å². The highest BCUT2D eigenvalue weighted by molar-refractivity contribution is 5.99. The summed E-state index contributed by atoms with van der Waals surface area (Å²) in [6.07, 6.45) is 2.85. The van der Waals surface area contributed by atoms with Crippen LogP contribution in [0.1, 0.15) is 36.5 Å². The molecule has 0 spiro atoms. The van der Waals surface area contributed by atoms with Crippen LogP contribution in [0.3, 0.4) is 0 Å². The Kier molecular flexibility index (Phi) is 4.40. The number of carbonyl (C=O) groups is 1. The molecular weight excluding hydrogens is 277 g/mol. The molecule has 0 aliphatic heterocycles. The van der Waals surface area contributed by atoms with Crippen LogP contribution in [-0.4, -0.2) is 35.4 Å². The number of hydrogen-bond donors (Lipinski definition) is 1. The molecule has 0 unspecified atom stereocenters. The second-order valence-corrected chi connectivity index (χ2v) is 5.14. The van der Waals surface area contributed by atoms with Crippen LogP contribution in [0.25, 0.3) is 0 Å². The van der Waals surface area contributed by atoms with Crippen molar-refractivity contribution < 1.29 is 14.1 Å². The molecule has 0 aromatic heterocycles. The van der Waals surface area contributed by atoms with Gasteiger partial charge in [0.25, 0.3) is 11.6 Å². The molecule has 1 aromatic carbocycles. The van der Waals surface area contributed by atoms with Crippen LogP contribution in [0.5, 0.6) is 0 Å². The Hall–Kier alpha value is -2.18. The minimum atomic E-state index is -0.730. The quantitative estimate of drug-likeness (QED) is 0.669. The molecule has 1 aliphatic carbocycles. The lowest BCUT2D eigenvalue weighted by Crippen LogP contribution is -2.41. The summed E-state index contributed by atoms with van der Waals surface area (Å²) in [5, 5.41) is 13.8. The van der Waals surface area contributed by atoms with Gasteiger partial charge in [0.15, 0.2) is 5.82 Å². The first-order valence-corrected chi connectivity index (χ1v) is 6.94. The van der Waals surface area contributed by atoms with Gasteiger partial charge < -0.3 is 10.2 Å². The molecule has 1 N–H and O–H groups in total. The number of nitrogens with one attached hydrogen (secondary N) is 1. The van der Waals surface area contributed by atoms with Gasteiger partial charge in [-0.2, -0.15) is 0 Å². The maximum atomic E-state index is 13.8. The highest BCUT2D eigenvalue weighted by Gasteiger charge is 2.31. The van der Waals surface area contributed by atoms with E-state index in [1.165, 1.54) is 11.0 Å². The van der Waals surface area contributed by atoms with E-state index in [1.54, 1.807) is 14.0 Å². The molecule has 0 radical (unpaired) electrons. The van der Waals surface area contributed by atoms with Crippen LogP contribution in [0, 0.1) is 15.9 Å². The van der Waals surface area contributed by atoms with Crippen molar-refractivity contribution in [3.63, 3.8) is 0 Å². The predicted molar refractivity (Wildman–Crippen MR) is 77.0 cm³/mol. The third-order valence-electron chi connectivity index (χ3n) is 3.82. The van der Waals surface area contributed by atoms with Crippen LogP contribution in [0.4, 0.5) is 15.8 Å². The average Bonchev–Trinajstić information content (AvgIpc) is 2.37. The lowest BCUT2D eigenvalue weighted by atomic mass is 9.91. The summed E-state index contributed by atoms with van der Waals surface area (Å²) in [6, 6.07) is 2.15. The van der Waals surface area contributed by atoms with Crippen LogP contribution >= 0.6 is 0 Å². The molecule has 6 nitrogen and oxygen atoms in total. The van der Waals surface area contributed by atoms with E-state index in [2.05, 4.69) is 5.32 Å². The monoisotopic (exact) mass is 295 g/mol. The number of nitro benzene ring substituents is 1. The molecule has 0 heterocycles. The topological polar surface area (TPSA) is 75.5 Å². The average molecular weight is 295 g/mol. The van der Waals surface area contributed by atoms with Gasteiger partial charge in [-0.25, -0.2) is 4.39 Å². The number of nitro groups is 1. The summed E-state index contributed by atoms with van der Waals surface area (Å²) < 4.78 is 13.8. The molecule has 1 saturated carbocycles. The van der Waals surface area contributed by atoms with E-state index in [-0.39, 0.29) is 17.3 Å². The van der Waals surface area contributed by atoms with E-state index >= 15 is 0 Å². The summed E-state index contributed by atoms with van der Waals surface area (Å²) in [4.78, 5) is 24.3. The third-order valence-corrected chi connectivity index (χ3v) is 3.82. The number of rotatable bonds is 5. The molecule has 114 valence electrons. The molecule has 0 bridgehead atoms. The van der Waals surface area contributed by atoms with Gasteiger partial charge in [0.2, 0.25) is 0 Å². The summed E-state index contributed by atoms with van der Waals surface area (Å²) in [5.74, 6) is -1.17. The number of carbonyl (C=O) groups excluding carboxylic acids is 1. The van der Waals surface area contributed by atoms with Gasteiger partial charge in [0.05, 0.1) is 16.7 Å². The van der Waals surface area contributed by atoms with Gasteiger partial charge in [-0.05, 0) is 32.3 Å². The van der Waals surface area contributed by atoms with E-state index in [4.69, 9.17) is 0 Å². The molecule has 7 heteroatoms. The summed E-state index contributed by atoms with van der Waals surface area (Å²) in [5.41, 5.74) is -0.467. The molecule has 0 atom stereocenters. The van der Waals surface area contributed by atoms with Crippen molar-refractivity contribution in [2.75, 3.05) is 18.9 Å². The van der Waals surface area contributed by atoms with E-state index in [1.807, 2.05) is 0 Å². The third kappa shape index (κ3) is 2.96. The van der Waals surface area contributed by atoms with E-state index in [0.717, 1.165) is 25.3 Å². The molecule has 0 saturated heterocycles. The summed E-state index contributed by atoms with van der Waals surface area (Å²) >= 11 is 0. The lowest BCUT2D eigenvalue weighted by Gasteiger charge is -2.34. The predicted octanol–water partition coefficient (Wildman–Crippen LogP) is 2.79. The Labute approximate surface area is 122 Å². The number of amides is 1. The van der Waals surface area contributed by atoms with Gasteiger partial charge in [-0.3, -0.25) is 14.9 Å². The number of hydrogen-bond acceptors (Lipinski definition) is 4. The molecule has 1 aromatic rings.